The maximum atomic E-state index is 13.1. The molecule has 0 unspecified atom stereocenters. The van der Waals surface area contributed by atoms with Gasteiger partial charge in [0.15, 0.2) is 0 Å². The lowest BCUT2D eigenvalue weighted by Gasteiger charge is -2.13. The molecule has 6 nitrogen and oxygen atoms in total. The number of pyridine rings is 1. The summed E-state index contributed by atoms with van der Waals surface area (Å²) in [6.45, 7) is 1.45. The van der Waals surface area contributed by atoms with E-state index in [1.807, 2.05) is 59.2 Å². The minimum absolute atomic E-state index is 0.248. The molecule has 2 N–H and O–H groups in total. The second-order valence-electron chi connectivity index (χ2n) is 7.24. The van der Waals surface area contributed by atoms with Crippen molar-refractivity contribution < 1.29 is 14.6 Å². The van der Waals surface area contributed by atoms with Crippen LogP contribution >= 0.6 is 27.3 Å². The summed E-state index contributed by atoms with van der Waals surface area (Å²) in [4.78, 5) is 25.7. The van der Waals surface area contributed by atoms with Crippen molar-refractivity contribution in [1.29, 1.82) is 0 Å². The van der Waals surface area contributed by atoms with Crippen molar-refractivity contribution in [2.24, 2.45) is 0 Å². The number of hydrogen-bond donors (Lipinski definition) is 2. The number of nitrogens with zero attached hydrogens (tertiary/aromatic N) is 1. The molecule has 0 saturated heterocycles. The van der Waals surface area contributed by atoms with E-state index in [0.29, 0.717) is 35.6 Å². The second-order valence-corrected chi connectivity index (χ2v) is 9.56. The van der Waals surface area contributed by atoms with Gasteiger partial charge in [0.2, 0.25) is 5.43 Å². The Bertz CT molecular complexity index is 1330. The molecule has 0 saturated carbocycles. The summed E-state index contributed by atoms with van der Waals surface area (Å²) in [6, 6.07) is 17.5. The topological polar surface area (TPSA) is 80.6 Å². The Hall–Kier alpha value is -2.94. The molecule has 2 heterocycles. The smallest absolute Gasteiger partial charge is 0.341 e. The number of hydrogen-bond acceptors (Lipinski definition) is 5. The van der Waals surface area contributed by atoms with E-state index in [1.54, 1.807) is 7.11 Å². The number of aromatic nitrogens is 1. The lowest BCUT2D eigenvalue weighted by molar-refractivity contribution is 0.0695. The Kier molecular flexibility index (Phi) is 6.74. The fourth-order valence-corrected chi connectivity index (χ4v) is 5.46. The Morgan fingerprint density at radius 3 is 2.56 bits per heavy atom. The third-order valence-corrected chi connectivity index (χ3v) is 7.22. The fourth-order valence-electron chi connectivity index (χ4n) is 3.64. The van der Waals surface area contributed by atoms with Gasteiger partial charge in [0.05, 0.1) is 22.8 Å². The molecule has 0 aliphatic heterocycles. The number of nitrogens with one attached hydrogen (secondary N) is 1. The largest absolute Gasteiger partial charge is 0.496 e. The van der Waals surface area contributed by atoms with Crippen LogP contribution in [0.15, 0.2) is 69.4 Å². The number of carboxylic acids is 1. The maximum Gasteiger partial charge on any atom is 0.341 e. The zero-order valence-electron chi connectivity index (χ0n) is 17.3. The number of methoxy groups -OCH3 is 1. The van der Waals surface area contributed by atoms with Crippen LogP contribution in [-0.4, -0.2) is 22.8 Å². The molecule has 0 radical (unpaired) electrons. The zero-order valence-corrected chi connectivity index (χ0v) is 19.7. The van der Waals surface area contributed by atoms with Crippen LogP contribution in [0, 0.1) is 0 Å². The molecular weight excluding hydrogens is 492 g/mol. The van der Waals surface area contributed by atoms with Crippen LogP contribution in [0.5, 0.6) is 5.75 Å². The van der Waals surface area contributed by atoms with Crippen molar-refractivity contribution in [3.05, 3.63) is 97.1 Å². The SMILES string of the molecule is COc1ccccc1Cn1cc(C(=O)O)c(=O)c2c(CNCc3ccccc3)c(Br)sc21. The minimum Gasteiger partial charge on any atom is -0.496 e. The van der Waals surface area contributed by atoms with Gasteiger partial charge in [-0.05, 0) is 27.6 Å². The van der Waals surface area contributed by atoms with Crippen LogP contribution in [0.3, 0.4) is 0 Å². The van der Waals surface area contributed by atoms with Gasteiger partial charge < -0.3 is 19.7 Å². The molecule has 2 aromatic heterocycles. The first-order valence-electron chi connectivity index (χ1n) is 9.93. The summed E-state index contributed by atoms with van der Waals surface area (Å²) in [5.74, 6) is -0.534. The van der Waals surface area contributed by atoms with Gasteiger partial charge in [0.1, 0.15) is 16.1 Å². The van der Waals surface area contributed by atoms with E-state index in [4.69, 9.17) is 4.74 Å². The molecule has 0 fully saturated rings. The summed E-state index contributed by atoms with van der Waals surface area (Å²) in [6.07, 6.45) is 1.42. The molecule has 2 aromatic carbocycles. The standard InChI is InChI=1S/C24H21BrN2O4S/c1-31-19-10-6-5-9-16(19)13-27-14-18(24(29)30)21(28)20-17(22(25)32-23(20)27)12-26-11-15-7-3-2-4-8-15/h2-10,14,26H,11-13H2,1H3,(H,29,30). The Labute approximate surface area is 197 Å². The molecule has 0 aliphatic carbocycles. The molecule has 0 spiro atoms. The van der Waals surface area contributed by atoms with Crippen LogP contribution < -0.4 is 15.5 Å². The van der Waals surface area contributed by atoms with Gasteiger partial charge in [0.25, 0.3) is 0 Å². The van der Waals surface area contributed by atoms with Crippen molar-refractivity contribution in [3.8, 4) is 5.75 Å². The number of fused-ring (bicyclic) bond motifs is 1. The molecule has 8 heteroatoms. The normalized spacial score (nSPS) is 11.1. The van der Waals surface area contributed by atoms with Gasteiger partial charge >= 0.3 is 5.97 Å². The van der Waals surface area contributed by atoms with Crippen LogP contribution in [0.1, 0.15) is 27.0 Å². The first-order chi connectivity index (χ1) is 15.5. The van der Waals surface area contributed by atoms with Crippen LogP contribution in [0.4, 0.5) is 0 Å². The lowest BCUT2D eigenvalue weighted by atomic mass is 10.1. The molecule has 0 atom stereocenters. The van der Waals surface area contributed by atoms with E-state index in [9.17, 15) is 14.7 Å². The number of carbonyl (C=O) groups is 1. The summed E-state index contributed by atoms with van der Waals surface area (Å²) in [7, 11) is 1.60. The van der Waals surface area contributed by atoms with Gasteiger partial charge in [0, 0.05) is 30.4 Å². The van der Waals surface area contributed by atoms with E-state index in [1.165, 1.54) is 17.5 Å². The maximum absolute atomic E-state index is 13.1. The molecular formula is C24H21BrN2O4S. The van der Waals surface area contributed by atoms with Crippen molar-refractivity contribution in [2.45, 2.75) is 19.6 Å². The molecule has 0 bridgehead atoms. The van der Waals surface area contributed by atoms with Crippen LogP contribution in [0.2, 0.25) is 0 Å². The first kappa shape index (κ1) is 22.3. The second kappa shape index (κ2) is 9.68. The quantitative estimate of drug-likeness (QED) is 0.352. The molecule has 0 amide bonds. The number of aromatic carboxylic acids is 1. The Balaban J connectivity index is 1.76. The number of halogens is 1. The summed E-state index contributed by atoms with van der Waals surface area (Å²) >= 11 is 5.02. The highest BCUT2D eigenvalue weighted by Crippen LogP contribution is 2.35. The van der Waals surface area contributed by atoms with Gasteiger partial charge in [-0.2, -0.15) is 0 Å². The number of benzene rings is 2. The van der Waals surface area contributed by atoms with E-state index in [2.05, 4.69) is 21.2 Å². The predicted octanol–water partition coefficient (Wildman–Crippen LogP) is 4.87. The van der Waals surface area contributed by atoms with Crippen molar-refractivity contribution in [1.82, 2.24) is 9.88 Å². The zero-order chi connectivity index (χ0) is 22.7. The van der Waals surface area contributed by atoms with Gasteiger partial charge in [-0.3, -0.25) is 4.79 Å². The summed E-state index contributed by atoms with van der Waals surface area (Å²) in [5, 5.41) is 13.5. The monoisotopic (exact) mass is 512 g/mol. The Morgan fingerprint density at radius 2 is 1.84 bits per heavy atom. The van der Waals surface area contributed by atoms with Crippen LogP contribution in [0.25, 0.3) is 10.2 Å². The van der Waals surface area contributed by atoms with Crippen molar-refractivity contribution in [3.63, 3.8) is 0 Å². The van der Waals surface area contributed by atoms with E-state index < -0.39 is 11.4 Å². The van der Waals surface area contributed by atoms with Crippen LogP contribution in [-0.2, 0) is 19.6 Å². The average molecular weight is 513 g/mol. The molecule has 0 aliphatic rings. The minimum atomic E-state index is -1.24. The van der Waals surface area contributed by atoms with Gasteiger partial charge in [-0.15, -0.1) is 11.3 Å². The molecule has 4 rings (SSSR count). The first-order valence-corrected chi connectivity index (χ1v) is 11.5. The van der Waals surface area contributed by atoms with Crippen molar-refractivity contribution >= 4 is 43.5 Å². The number of para-hydroxylation sites is 1. The summed E-state index contributed by atoms with van der Waals surface area (Å²) < 4.78 is 8.07. The fraction of sp³-hybridized carbons (Fsp3) is 0.167. The number of rotatable bonds is 8. The molecule has 164 valence electrons. The van der Waals surface area contributed by atoms with E-state index in [0.717, 1.165) is 20.5 Å². The van der Waals surface area contributed by atoms with Crippen molar-refractivity contribution in [2.75, 3.05) is 7.11 Å². The van der Waals surface area contributed by atoms with Gasteiger partial charge in [-0.25, -0.2) is 4.79 Å². The number of carboxylic acid groups (broad SMARTS) is 1. The Morgan fingerprint density at radius 1 is 1.12 bits per heavy atom. The molecule has 4 aromatic rings. The third-order valence-electron chi connectivity index (χ3n) is 5.19. The summed E-state index contributed by atoms with van der Waals surface area (Å²) in [5.41, 5.74) is 2.07. The molecule has 32 heavy (non-hydrogen) atoms. The highest BCUT2D eigenvalue weighted by atomic mass is 79.9. The van der Waals surface area contributed by atoms with Gasteiger partial charge in [-0.1, -0.05) is 48.5 Å². The predicted molar refractivity (Wildman–Crippen MR) is 130 cm³/mol. The highest BCUT2D eigenvalue weighted by Gasteiger charge is 2.22. The highest BCUT2D eigenvalue weighted by molar-refractivity contribution is 9.11. The third kappa shape index (κ3) is 4.48. The average Bonchev–Trinajstić information content (AvgIpc) is 3.13. The number of thiophene rings is 1. The van der Waals surface area contributed by atoms with E-state index in [-0.39, 0.29) is 5.56 Å². The lowest BCUT2D eigenvalue weighted by Crippen LogP contribution is -2.20. The van der Waals surface area contributed by atoms with E-state index >= 15 is 0 Å². The number of ether oxygens (including phenoxy) is 1.